The number of methoxy groups -OCH3 is 1. The molecule has 3 rings (SSSR count). The number of allylic oxidation sites excluding steroid dienone is 1. The fraction of sp³-hybridized carbons (Fsp3) is 0.348. The molecule has 0 fully saturated rings. The van der Waals surface area contributed by atoms with Crippen molar-refractivity contribution in [2.45, 2.75) is 39.7 Å². The minimum atomic E-state index is -0.284. The number of fused-ring (bicyclic) bond motifs is 1. The second-order valence-electron chi connectivity index (χ2n) is 7.60. The summed E-state index contributed by atoms with van der Waals surface area (Å²) in [6, 6.07) is 8.74. The summed E-state index contributed by atoms with van der Waals surface area (Å²) in [7, 11) is 1.56. The van der Waals surface area contributed by atoms with E-state index < -0.39 is 0 Å². The van der Waals surface area contributed by atoms with E-state index in [1.165, 1.54) is 0 Å². The fourth-order valence-corrected chi connectivity index (χ4v) is 3.98. The summed E-state index contributed by atoms with van der Waals surface area (Å²) in [4.78, 5) is 6.66. The Morgan fingerprint density at radius 3 is 2.64 bits per heavy atom. The Kier molecular flexibility index (Phi) is 5.80. The van der Waals surface area contributed by atoms with Crippen LogP contribution in [-0.2, 0) is 0 Å². The highest BCUT2D eigenvalue weighted by atomic mass is 35.5. The van der Waals surface area contributed by atoms with Crippen molar-refractivity contribution < 1.29 is 9.13 Å². The van der Waals surface area contributed by atoms with Gasteiger partial charge in [0.05, 0.1) is 23.4 Å². The number of ether oxygens (including phenoxy) is 1. The number of nitrogens with zero attached hydrogens (tertiary/aromatic N) is 2. The minimum absolute atomic E-state index is 0.144. The van der Waals surface area contributed by atoms with Gasteiger partial charge in [-0.3, -0.25) is 4.99 Å². The highest BCUT2D eigenvalue weighted by molar-refractivity contribution is 6.32. The molecule has 1 aliphatic heterocycles. The Bertz CT molecular complexity index is 950. The van der Waals surface area contributed by atoms with Gasteiger partial charge < -0.3 is 9.64 Å². The lowest BCUT2D eigenvalue weighted by molar-refractivity contribution is 0.415. The minimum Gasteiger partial charge on any atom is -0.495 e. The summed E-state index contributed by atoms with van der Waals surface area (Å²) in [5.74, 6) is 0.300. The van der Waals surface area contributed by atoms with Crippen molar-refractivity contribution in [3.8, 4) is 5.75 Å². The van der Waals surface area contributed by atoms with Crippen molar-refractivity contribution >= 4 is 34.8 Å². The number of anilines is 1. The maximum atomic E-state index is 14.9. The molecule has 5 heteroatoms. The van der Waals surface area contributed by atoms with Crippen LogP contribution in [0.4, 0.5) is 15.8 Å². The Hall–Kier alpha value is -2.33. The predicted molar refractivity (Wildman–Crippen MR) is 117 cm³/mol. The molecule has 0 bridgehead atoms. The van der Waals surface area contributed by atoms with Crippen molar-refractivity contribution in [2.75, 3.05) is 18.6 Å². The lowest BCUT2D eigenvalue weighted by Gasteiger charge is -2.43. The molecule has 2 aromatic rings. The van der Waals surface area contributed by atoms with Crippen LogP contribution in [0.15, 0.2) is 41.4 Å². The fourth-order valence-electron chi connectivity index (χ4n) is 3.73. The molecular weight excluding hydrogens is 375 g/mol. The Labute approximate surface area is 171 Å². The van der Waals surface area contributed by atoms with E-state index in [2.05, 4.69) is 43.7 Å². The average Bonchev–Trinajstić information content (AvgIpc) is 2.63. The normalized spacial score (nSPS) is 15.5. The molecule has 148 valence electrons. The first-order valence-electron chi connectivity index (χ1n) is 9.45. The molecule has 1 heterocycles. The number of halogens is 2. The summed E-state index contributed by atoms with van der Waals surface area (Å²) < 4.78 is 20.0. The number of hydrogen-bond donors (Lipinski definition) is 0. The van der Waals surface area contributed by atoms with E-state index in [4.69, 9.17) is 16.3 Å². The molecule has 3 nitrogen and oxygen atoms in total. The van der Waals surface area contributed by atoms with Gasteiger partial charge in [-0.15, -0.1) is 0 Å². The third-order valence-corrected chi connectivity index (χ3v) is 5.33. The average molecular weight is 401 g/mol. The monoisotopic (exact) mass is 400 g/mol. The number of rotatable bonds is 5. The maximum Gasteiger partial charge on any atom is 0.137 e. The van der Waals surface area contributed by atoms with Gasteiger partial charge in [-0.2, -0.15) is 0 Å². The third-order valence-electron chi connectivity index (χ3n) is 5.03. The molecule has 0 N–H and O–H groups in total. The van der Waals surface area contributed by atoms with Crippen LogP contribution in [0.25, 0.3) is 5.57 Å². The third kappa shape index (κ3) is 3.93. The maximum absolute atomic E-state index is 14.9. The van der Waals surface area contributed by atoms with E-state index >= 15 is 0 Å². The van der Waals surface area contributed by atoms with Gasteiger partial charge in [0.1, 0.15) is 11.6 Å². The smallest absolute Gasteiger partial charge is 0.137 e. The zero-order valence-corrected chi connectivity index (χ0v) is 17.8. The van der Waals surface area contributed by atoms with Crippen LogP contribution in [0.3, 0.4) is 0 Å². The van der Waals surface area contributed by atoms with Gasteiger partial charge in [-0.05, 0) is 63.1 Å². The molecule has 0 amide bonds. The van der Waals surface area contributed by atoms with E-state index in [0.29, 0.717) is 22.0 Å². The molecule has 28 heavy (non-hydrogen) atoms. The zero-order valence-electron chi connectivity index (χ0n) is 17.0. The topological polar surface area (TPSA) is 24.8 Å². The van der Waals surface area contributed by atoms with Gasteiger partial charge in [0.25, 0.3) is 0 Å². The zero-order chi connectivity index (χ0) is 20.5. The van der Waals surface area contributed by atoms with Gasteiger partial charge >= 0.3 is 0 Å². The summed E-state index contributed by atoms with van der Waals surface area (Å²) in [5, 5.41) is 0.472. The van der Waals surface area contributed by atoms with Crippen molar-refractivity contribution in [1.29, 1.82) is 0 Å². The van der Waals surface area contributed by atoms with Crippen LogP contribution in [-0.4, -0.2) is 25.4 Å². The SMILES string of the molecule is CCCN1c2cc(F)c(C=Nc3ccc(OC)c(Cl)c3)cc2C(C)=CC1(C)C. The van der Waals surface area contributed by atoms with Gasteiger partial charge in [0.15, 0.2) is 0 Å². The summed E-state index contributed by atoms with van der Waals surface area (Å²) in [5.41, 5.74) is 4.08. The first kappa shape index (κ1) is 20.4. The molecular formula is C23H26ClFN2O. The molecule has 2 aromatic carbocycles. The molecule has 0 unspecified atom stereocenters. The van der Waals surface area contributed by atoms with Crippen molar-refractivity contribution in [3.05, 3.63) is 58.4 Å². The number of aliphatic imine (C=N–C) groups is 1. The molecule has 0 saturated heterocycles. The van der Waals surface area contributed by atoms with E-state index in [1.54, 1.807) is 37.6 Å². The Morgan fingerprint density at radius 2 is 2.00 bits per heavy atom. The van der Waals surface area contributed by atoms with Crippen LogP contribution < -0.4 is 9.64 Å². The molecule has 0 radical (unpaired) electrons. The van der Waals surface area contributed by atoms with E-state index in [9.17, 15) is 4.39 Å². The van der Waals surface area contributed by atoms with Crippen molar-refractivity contribution in [3.63, 3.8) is 0 Å². The Morgan fingerprint density at radius 1 is 1.25 bits per heavy atom. The first-order chi connectivity index (χ1) is 13.3. The summed E-state index contributed by atoms with van der Waals surface area (Å²) >= 11 is 6.14. The highest BCUT2D eigenvalue weighted by Crippen LogP contribution is 2.40. The molecule has 0 spiro atoms. The van der Waals surface area contributed by atoms with E-state index in [1.807, 2.05) is 6.07 Å². The van der Waals surface area contributed by atoms with Crippen LogP contribution in [0.1, 0.15) is 45.2 Å². The second-order valence-corrected chi connectivity index (χ2v) is 8.01. The van der Waals surface area contributed by atoms with E-state index in [0.717, 1.165) is 29.8 Å². The van der Waals surface area contributed by atoms with Crippen LogP contribution in [0.2, 0.25) is 5.02 Å². The molecule has 0 atom stereocenters. The molecule has 0 aliphatic carbocycles. The van der Waals surface area contributed by atoms with Gasteiger partial charge in [0.2, 0.25) is 0 Å². The predicted octanol–water partition coefficient (Wildman–Crippen LogP) is 6.65. The second kappa shape index (κ2) is 7.96. The van der Waals surface area contributed by atoms with Crippen LogP contribution >= 0.6 is 11.6 Å². The quantitative estimate of drug-likeness (QED) is 0.525. The molecule has 0 aromatic heterocycles. The molecule has 1 aliphatic rings. The van der Waals surface area contributed by atoms with Crippen molar-refractivity contribution in [2.24, 2.45) is 4.99 Å². The van der Waals surface area contributed by atoms with Gasteiger partial charge in [0, 0.05) is 29.6 Å². The standard InChI is InChI=1S/C23H26ClFN2O/c1-6-9-27-21-12-20(25)16(10-18(21)15(2)13-23(27,3)4)14-26-17-7-8-22(28-5)19(24)11-17/h7-8,10-14H,6,9H2,1-5H3. The Balaban J connectivity index is 1.99. The van der Waals surface area contributed by atoms with Crippen LogP contribution in [0, 0.1) is 5.82 Å². The molecule has 0 saturated carbocycles. The van der Waals surface area contributed by atoms with Gasteiger partial charge in [-0.25, -0.2) is 4.39 Å². The van der Waals surface area contributed by atoms with Gasteiger partial charge in [-0.1, -0.05) is 24.6 Å². The lowest BCUT2D eigenvalue weighted by Crippen LogP contribution is -2.45. The van der Waals surface area contributed by atoms with Crippen molar-refractivity contribution in [1.82, 2.24) is 0 Å². The summed E-state index contributed by atoms with van der Waals surface area (Å²) in [6.45, 7) is 9.41. The largest absolute Gasteiger partial charge is 0.495 e. The highest BCUT2D eigenvalue weighted by Gasteiger charge is 2.31. The van der Waals surface area contributed by atoms with E-state index in [-0.39, 0.29) is 11.4 Å². The summed E-state index contributed by atoms with van der Waals surface area (Å²) in [6.07, 6.45) is 4.79. The van der Waals surface area contributed by atoms with Crippen LogP contribution in [0.5, 0.6) is 5.75 Å². The lowest BCUT2D eigenvalue weighted by atomic mass is 9.87. The number of benzene rings is 2. The number of hydrogen-bond acceptors (Lipinski definition) is 3. The first-order valence-corrected chi connectivity index (χ1v) is 9.83.